The molecule has 1 fully saturated rings. The highest BCUT2D eigenvalue weighted by Gasteiger charge is 2.25. The summed E-state index contributed by atoms with van der Waals surface area (Å²) in [5.74, 6) is 2.58. The fraction of sp³-hybridized carbons (Fsp3) is 0.478. The van der Waals surface area contributed by atoms with Gasteiger partial charge in [0.25, 0.3) is 0 Å². The SMILES string of the molecule is c1ccc2c(c1)CC(CN1CCN(Cc3ccc4c(c3)OCCO4)CC1)C2. The summed E-state index contributed by atoms with van der Waals surface area (Å²) < 4.78 is 11.3. The molecule has 4 heteroatoms. The first-order valence-corrected chi connectivity index (χ1v) is 10.2. The Bertz CT molecular complexity index is 774. The maximum Gasteiger partial charge on any atom is 0.161 e. The third-order valence-electron chi connectivity index (χ3n) is 6.13. The van der Waals surface area contributed by atoms with Crippen LogP contribution in [0.25, 0.3) is 0 Å². The number of hydrogen-bond donors (Lipinski definition) is 0. The lowest BCUT2D eigenvalue weighted by Crippen LogP contribution is -2.47. The van der Waals surface area contributed by atoms with E-state index in [-0.39, 0.29) is 0 Å². The molecule has 1 aliphatic carbocycles. The van der Waals surface area contributed by atoms with E-state index in [9.17, 15) is 0 Å². The van der Waals surface area contributed by atoms with Gasteiger partial charge in [-0.25, -0.2) is 0 Å². The fourth-order valence-electron chi connectivity index (χ4n) is 4.72. The normalized spacial score (nSPS) is 20.6. The van der Waals surface area contributed by atoms with Gasteiger partial charge in [0.05, 0.1) is 0 Å². The Hall–Kier alpha value is -2.04. The third-order valence-corrected chi connectivity index (χ3v) is 6.13. The van der Waals surface area contributed by atoms with Crippen LogP contribution >= 0.6 is 0 Å². The number of piperazine rings is 1. The van der Waals surface area contributed by atoms with Crippen LogP contribution in [0, 0.1) is 5.92 Å². The monoisotopic (exact) mass is 364 g/mol. The number of benzene rings is 2. The third kappa shape index (κ3) is 3.83. The van der Waals surface area contributed by atoms with E-state index in [1.54, 1.807) is 11.1 Å². The van der Waals surface area contributed by atoms with Gasteiger partial charge in [-0.3, -0.25) is 4.90 Å². The van der Waals surface area contributed by atoms with Gasteiger partial charge in [0.2, 0.25) is 0 Å². The molecule has 2 heterocycles. The van der Waals surface area contributed by atoms with Gasteiger partial charge >= 0.3 is 0 Å². The van der Waals surface area contributed by atoms with Crippen LogP contribution in [-0.4, -0.2) is 55.7 Å². The van der Waals surface area contributed by atoms with E-state index in [0.29, 0.717) is 13.2 Å². The molecule has 5 rings (SSSR count). The smallest absolute Gasteiger partial charge is 0.161 e. The second-order valence-electron chi connectivity index (χ2n) is 8.10. The van der Waals surface area contributed by atoms with Crippen LogP contribution < -0.4 is 9.47 Å². The quantitative estimate of drug-likeness (QED) is 0.833. The second kappa shape index (κ2) is 7.53. The topological polar surface area (TPSA) is 24.9 Å². The van der Waals surface area contributed by atoms with Crippen LogP contribution in [0.4, 0.5) is 0 Å². The molecule has 0 saturated carbocycles. The van der Waals surface area contributed by atoms with Crippen LogP contribution in [0.5, 0.6) is 11.5 Å². The summed E-state index contributed by atoms with van der Waals surface area (Å²) in [6.45, 7) is 8.20. The van der Waals surface area contributed by atoms with Crippen molar-refractivity contribution in [3.63, 3.8) is 0 Å². The summed E-state index contributed by atoms with van der Waals surface area (Å²) in [4.78, 5) is 5.22. The van der Waals surface area contributed by atoms with Gasteiger partial charge < -0.3 is 14.4 Å². The van der Waals surface area contributed by atoms with Crippen molar-refractivity contribution in [2.45, 2.75) is 19.4 Å². The molecule has 0 spiro atoms. The Morgan fingerprint density at radius 1 is 0.778 bits per heavy atom. The highest BCUT2D eigenvalue weighted by molar-refractivity contribution is 5.43. The van der Waals surface area contributed by atoms with E-state index in [1.165, 1.54) is 38.0 Å². The van der Waals surface area contributed by atoms with Gasteiger partial charge in [0.1, 0.15) is 13.2 Å². The first kappa shape index (κ1) is 17.1. The zero-order valence-corrected chi connectivity index (χ0v) is 15.9. The lowest BCUT2D eigenvalue weighted by molar-refractivity contribution is 0.114. The maximum absolute atomic E-state index is 5.72. The largest absolute Gasteiger partial charge is 0.486 e. The van der Waals surface area contributed by atoms with Gasteiger partial charge in [0, 0.05) is 39.3 Å². The minimum Gasteiger partial charge on any atom is -0.486 e. The minimum atomic E-state index is 0.653. The molecule has 0 N–H and O–H groups in total. The van der Waals surface area contributed by atoms with Crippen molar-refractivity contribution in [2.75, 3.05) is 45.9 Å². The lowest BCUT2D eigenvalue weighted by atomic mass is 10.1. The molecule has 0 amide bonds. The van der Waals surface area contributed by atoms with E-state index in [2.05, 4.69) is 52.3 Å². The van der Waals surface area contributed by atoms with Crippen molar-refractivity contribution in [1.29, 1.82) is 0 Å². The van der Waals surface area contributed by atoms with Gasteiger partial charge in [0.15, 0.2) is 11.5 Å². The van der Waals surface area contributed by atoms with Crippen LogP contribution in [0.1, 0.15) is 16.7 Å². The van der Waals surface area contributed by atoms with Gasteiger partial charge in [-0.2, -0.15) is 0 Å². The first-order valence-electron chi connectivity index (χ1n) is 10.2. The van der Waals surface area contributed by atoms with Gasteiger partial charge in [-0.05, 0) is 47.6 Å². The van der Waals surface area contributed by atoms with Gasteiger partial charge in [-0.15, -0.1) is 0 Å². The number of nitrogens with zero attached hydrogens (tertiary/aromatic N) is 2. The van der Waals surface area contributed by atoms with E-state index < -0.39 is 0 Å². The molecule has 2 aromatic carbocycles. The Balaban J connectivity index is 1.11. The van der Waals surface area contributed by atoms with Crippen LogP contribution in [0.3, 0.4) is 0 Å². The maximum atomic E-state index is 5.72. The second-order valence-corrected chi connectivity index (χ2v) is 8.10. The van der Waals surface area contributed by atoms with Crippen molar-refractivity contribution in [1.82, 2.24) is 9.80 Å². The van der Waals surface area contributed by atoms with Crippen LogP contribution in [0.2, 0.25) is 0 Å². The highest BCUT2D eigenvalue weighted by Crippen LogP contribution is 2.31. The molecule has 1 saturated heterocycles. The zero-order valence-electron chi connectivity index (χ0n) is 15.9. The molecule has 27 heavy (non-hydrogen) atoms. The van der Waals surface area contributed by atoms with Crippen molar-refractivity contribution in [3.8, 4) is 11.5 Å². The Kier molecular flexibility index (Phi) is 4.76. The molecule has 0 radical (unpaired) electrons. The molecule has 4 nitrogen and oxygen atoms in total. The molecule has 0 atom stereocenters. The molecular weight excluding hydrogens is 336 g/mol. The van der Waals surface area contributed by atoms with E-state index in [1.807, 2.05) is 0 Å². The highest BCUT2D eigenvalue weighted by atomic mass is 16.6. The number of rotatable bonds is 4. The summed E-state index contributed by atoms with van der Waals surface area (Å²) in [5.41, 5.74) is 4.46. The minimum absolute atomic E-state index is 0.653. The van der Waals surface area contributed by atoms with Crippen molar-refractivity contribution in [3.05, 3.63) is 59.2 Å². The standard InChI is InChI=1S/C23H28N2O2/c1-2-4-21-14-19(13-20(21)3-1)17-25-9-7-24(8-10-25)16-18-5-6-22-23(15-18)27-12-11-26-22/h1-6,15,19H,7-14,16-17H2. The molecule has 0 aromatic heterocycles. The molecular formula is C23H28N2O2. The molecule has 2 aromatic rings. The fourth-order valence-corrected chi connectivity index (χ4v) is 4.72. The van der Waals surface area contributed by atoms with Crippen molar-refractivity contribution in [2.24, 2.45) is 5.92 Å². The molecule has 142 valence electrons. The van der Waals surface area contributed by atoms with E-state index >= 15 is 0 Å². The number of ether oxygens (including phenoxy) is 2. The molecule has 3 aliphatic rings. The predicted molar refractivity (Wildman–Crippen MR) is 106 cm³/mol. The van der Waals surface area contributed by atoms with Crippen LogP contribution in [-0.2, 0) is 19.4 Å². The first-order chi connectivity index (χ1) is 13.3. The Morgan fingerprint density at radius 3 is 2.19 bits per heavy atom. The molecule has 0 unspecified atom stereocenters. The van der Waals surface area contributed by atoms with Gasteiger partial charge in [-0.1, -0.05) is 30.3 Å². The predicted octanol–water partition coefficient (Wildman–Crippen LogP) is 2.99. The average Bonchev–Trinajstić information content (AvgIpc) is 3.12. The average molecular weight is 364 g/mol. The van der Waals surface area contributed by atoms with Crippen molar-refractivity contribution < 1.29 is 9.47 Å². The lowest BCUT2D eigenvalue weighted by Gasteiger charge is -2.36. The summed E-state index contributed by atoms with van der Waals surface area (Å²) in [6, 6.07) is 15.3. The molecule has 0 bridgehead atoms. The molecule has 2 aliphatic heterocycles. The van der Waals surface area contributed by atoms with E-state index in [4.69, 9.17) is 9.47 Å². The number of fused-ring (bicyclic) bond motifs is 2. The van der Waals surface area contributed by atoms with Crippen molar-refractivity contribution >= 4 is 0 Å². The summed E-state index contributed by atoms with van der Waals surface area (Å²) >= 11 is 0. The van der Waals surface area contributed by atoms with E-state index in [0.717, 1.165) is 37.1 Å². The Morgan fingerprint density at radius 2 is 1.44 bits per heavy atom. The summed E-state index contributed by atoms with van der Waals surface area (Å²) in [5, 5.41) is 0. The summed E-state index contributed by atoms with van der Waals surface area (Å²) in [7, 11) is 0. The number of hydrogen-bond acceptors (Lipinski definition) is 4. The Labute approximate surface area is 161 Å². The van der Waals surface area contributed by atoms with Crippen LogP contribution in [0.15, 0.2) is 42.5 Å². The zero-order chi connectivity index (χ0) is 18.1. The summed E-state index contributed by atoms with van der Waals surface area (Å²) in [6.07, 6.45) is 2.52.